The van der Waals surface area contributed by atoms with Gasteiger partial charge in [0.1, 0.15) is 0 Å². The van der Waals surface area contributed by atoms with Gasteiger partial charge in [-0.1, -0.05) is 0 Å². The van der Waals surface area contributed by atoms with E-state index < -0.39 is 5.97 Å². The molecule has 0 radical (unpaired) electrons. The van der Waals surface area contributed by atoms with Crippen LogP contribution in [0.25, 0.3) is 0 Å². The van der Waals surface area contributed by atoms with E-state index in [1.54, 1.807) is 0 Å². The third-order valence-corrected chi connectivity index (χ3v) is 2.46. The molecule has 1 aromatic heterocycles. The molecular formula is C7H10BrN3O2. The van der Waals surface area contributed by atoms with Crippen LogP contribution in [0.15, 0.2) is 4.47 Å². The van der Waals surface area contributed by atoms with Crippen molar-refractivity contribution in [3.05, 3.63) is 15.9 Å². The van der Waals surface area contributed by atoms with Crippen LogP contribution < -0.4 is 5.73 Å². The average molecular weight is 248 g/mol. The van der Waals surface area contributed by atoms with Crippen molar-refractivity contribution in [3.8, 4) is 0 Å². The Kier molecular flexibility index (Phi) is 3.44. The minimum Gasteiger partial charge on any atom is -0.476 e. The van der Waals surface area contributed by atoms with Crippen LogP contribution >= 0.6 is 15.9 Å². The molecule has 4 N–H and O–H groups in total. The number of carboxylic acid groups (broad SMARTS) is 1. The summed E-state index contributed by atoms with van der Waals surface area (Å²) < 4.78 is 0.522. The first-order chi connectivity index (χ1) is 6.16. The van der Waals surface area contributed by atoms with Gasteiger partial charge in [0.15, 0.2) is 5.69 Å². The maximum Gasteiger partial charge on any atom is 0.357 e. The fourth-order valence-corrected chi connectivity index (χ4v) is 1.50. The van der Waals surface area contributed by atoms with Crippen molar-refractivity contribution in [1.29, 1.82) is 0 Å². The number of nitrogens with one attached hydrogen (secondary N) is 1. The molecule has 0 aliphatic heterocycles. The van der Waals surface area contributed by atoms with E-state index in [-0.39, 0.29) is 5.69 Å². The summed E-state index contributed by atoms with van der Waals surface area (Å²) >= 11 is 3.17. The summed E-state index contributed by atoms with van der Waals surface area (Å²) in [5.41, 5.74) is 6.13. The monoisotopic (exact) mass is 247 g/mol. The smallest absolute Gasteiger partial charge is 0.357 e. The lowest BCUT2D eigenvalue weighted by Crippen LogP contribution is -2.01. The Morgan fingerprint density at radius 1 is 1.69 bits per heavy atom. The number of nitrogens with zero attached hydrogens (tertiary/aromatic N) is 1. The van der Waals surface area contributed by atoms with Gasteiger partial charge < -0.3 is 10.8 Å². The number of hydrogen-bond donors (Lipinski definition) is 3. The van der Waals surface area contributed by atoms with Gasteiger partial charge in [0.05, 0.1) is 10.2 Å². The zero-order valence-electron chi connectivity index (χ0n) is 6.88. The largest absolute Gasteiger partial charge is 0.476 e. The van der Waals surface area contributed by atoms with Gasteiger partial charge in [-0.3, -0.25) is 5.10 Å². The van der Waals surface area contributed by atoms with Crippen LogP contribution in [0.4, 0.5) is 0 Å². The lowest BCUT2D eigenvalue weighted by atomic mass is 10.2. The molecule has 13 heavy (non-hydrogen) atoms. The molecule has 0 saturated heterocycles. The van der Waals surface area contributed by atoms with Gasteiger partial charge in [0, 0.05) is 0 Å². The van der Waals surface area contributed by atoms with Crippen molar-refractivity contribution in [2.24, 2.45) is 5.73 Å². The molecule has 1 aromatic rings. The number of carbonyl (C=O) groups is 1. The number of aromatic nitrogens is 2. The SMILES string of the molecule is NCCCc1[nH]nc(C(=O)O)c1Br. The quantitative estimate of drug-likeness (QED) is 0.733. The summed E-state index contributed by atoms with van der Waals surface area (Å²) in [5.74, 6) is -1.04. The Morgan fingerprint density at radius 3 is 2.85 bits per heavy atom. The molecule has 5 nitrogen and oxygen atoms in total. The summed E-state index contributed by atoms with van der Waals surface area (Å²) in [7, 11) is 0. The van der Waals surface area contributed by atoms with Crippen LogP contribution in [-0.4, -0.2) is 27.8 Å². The Bertz CT molecular complexity index is 311. The molecule has 0 amide bonds. The molecule has 0 fully saturated rings. The Labute approximate surface area is 83.5 Å². The first-order valence-electron chi connectivity index (χ1n) is 3.83. The summed E-state index contributed by atoms with van der Waals surface area (Å²) in [5, 5.41) is 15.0. The molecule has 0 atom stereocenters. The van der Waals surface area contributed by atoms with Crippen molar-refractivity contribution in [2.75, 3.05) is 6.54 Å². The van der Waals surface area contributed by atoms with E-state index in [1.165, 1.54) is 0 Å². The van der Waals surface area contributed by atoms with Crippen LogP contribution in [0, 0.1) is 0 Å². The molecule has 0 bridgehead atoms. The number of rotatable bonds is 4. The first kappa shape index (κ1) is 10.2. The van der Waals surface area contributed by atoms with Gasteiger partial charge in [-0.2, -0.15) is 5.10 Å². The highest BCUT2D eigenvalue weighted by molar-refractivity contribution is 9.10. The predicted molar refractivity (Wildman–Crippen MR) is 50.6 cm³/mol. The standard InChI is InChI=1S/C7H10BrN3O2/c8-5-4(2-1-3-9)10-11-6(5)7(12)13/h1-3,9H2,(H,10,11)(H,12,13). The minimum absolute atomic E-state index is 0.0204. The van der Waals surface area contributed by atoms with Crippen molar-refractivity contribution in [2.45, 2.75) is 12.8 Å². The second-order valence-corrected chi connectivity index (χ2v) is 3.36. The molecule has 1 heterocycles. The molecular weight excluding hydrogens is 238 g/mol. The summed E-state index contributed by atoms with van der Waals surface area (Å²) in [6, 6.07) is 0. The molecule has 0 aliphatic carbocycles. The number of H-pyrrole nitrogens is 1. The van der Waals surface area contributed by atoms with Gasteiger partial charge >= 0.3 is 5.97 Å². The number of carboxylic acids is 1. The minimum atomic E-state index is -1.04. The van der Waals surface area contributed by atoms with Crippen LogP contribution in [0.5, 0.6) is 0 Å². The highest BCUT2D eigenvalue weighted by Gasteiger charge is 2.15. The number of hydrogen-bond acceptors (Lipinski definition) is 3. The number of nitrogens with two attached hydrogens (primary N) is 1. The summed E-state index contributed by atoms with van der Waals surface area (Å²) in [6.45, 7) is 0.577. The van der Waals surface area contributed by atoms with Crippen LogP contribution in [0.1, 0.15) is 22.6 Å². The normalized spacial score (nSPS) is 10.3. The third-order valence-electron chi connectivity index (χ3n) is 1.61. The van der Waals surface area contributed by atoms with Crippen molar-refractivity contribution < 1.29 is 9.90 Å². The van der Waals surface area contributed by atoms with Gasteiger partial charge in [-0.15, -0.1) is 0 Å². The number of aryl methyl sites for hydroxylation is 1. The van der Waals surface area contributed by atoms with Crippen molar-refractivity contribution in [3.63, 3.8) is 0 Å². The maximum atomic E-state index is 10.6. The van der Waals surface area contributed by atoms with Crippen LogP contribution in [-0.2, 0) is 6.42 Å². The molecule has 0 unspecified atom stereocenters. The lowest BCUT2D eigenvalue weighted by Gasteiger charge is -1.94. The van der Waals surface area contributed by atoms with E-state index in [0.29, 0.717) is 17.4 Å². The zero-order chi connectivity index (χ0) is 9.84. The summed E-state index contributed by atoms with van der Waals surface area (Å²) in [6.07, 6.45) is 1.51. The zero-order valence-corrected chi connectivity index (χ0v) is 8.47. The lowest BCUT2D eigenvalue weighted by molar-refractivity contribution is 0.0689. The molecule has 72 valence electrons. The van der Waals surface area contributed by atoms with E-state index in [4.69, 9.17) is 10.8 Å². The topological polar surface area (TPSA) is 92.0 Å². The fraction of sp³-hybridized carbons (Fsp3) is 0.429. The summed E-state index contributed by atoms with van der Waals surface area (Å²) in [4.78, 5) is 10.6. The van der Waals surface area contributed by atoms with E-state index in [2.05, 4.69) is 26.1 Å². The Balaban J connectivity index is 2.80. The first-order valence-corrected chi connectivity index (χ1v) is 4.62. The highest BCUT2D eigenvalue weighted by atomic mass is 79.9. The number of aromatic carboxylic acids is 1. The van der Waals surface area contributed by atoms with E-state index >= 15 is 0 Å². The highest BCUT2D eigenvalue weighted by Crippen LogP contribution is 2.19. The molecule has 1 rings (SSSR count). The molecule has 0 aliphatic rings. The van der Waals surface area contributed by atoms with E-state index in [1.807, 2.05) is 0 Å². The average Bonchev–Trinajstić information content (AvgIpc) is 2.43. The Morgan fingerprint density at radius 2 is 2.38 bits per heavy atom. The van der Waals surface area contributed by atoms with Gasteiger partial charge in [0.2, 0.25) is 0 Å². The molecule has 0 aromatic carbocycles. The molecule has 0 spiro atoms. The predicted octanol–water partition coefficient (Wildman–Crippen LogP) is 0.762. The molecule has 6 heteroatoms. The maximum absolute atomic E-state index is 10.6. The molecule has 0 saturated carbocycles. The van der Waals surface area contributed by atoms with Crippen molar-refractivity contribution in [1.82, 2.24) is 10.2 Å². The van der Waals surface area contributed by atoms with Gasteiger partial charge in [-0.25, -0.2) is 4.79 Å². The number of aromatic amines is 1. The van der Waals surface area contributed by atoms with Gasteiger partial charge in [0.25, 0.3) is 0 Å². The van der Waals surface area contributed by atoms with E-state index in [0.717, 1.165) is 12.1 Å². The second-order valence-electron chi connectivity index (χ2n) is 2.56. The van der Waals surface area contributed by atoms with Crippen LogP contribution in [0.3, 0.4) is 0 Å². The third kappa shape index (κ3) is 2.28. The van der Waals surface area contributed by atoms with E-state index in [9.17, 15) is 4.79 Å². The van der Waals surface area contributed by atoms with Gasteiger partial charge in [-0.05, 0) is 35.3 Å². The fourth-order valence-electron chi connectivity index (χ4n) is 0.951. The van der Waals surface area contributed by atoms with Crippen LogP contribution in [0.2, 0.25) is 0 Å². The second kappa shape index (κ2) is 4.38. The number of halogens is 1. The Hall–Kier alpha value is -0.880. The van der Waals surface area contributed by atoms with Crippen molar-refractivity contribution >= 4 is 21.9 Å².